The van der Waals surface area contributed by atoms with Crippen LogP contribution < -0.4 is 41.9 Å². The van der Waals surface area contributed by atoms with Crippen LogP contribution in [0.4, 0.5) is 34.1 Å². The Labute approximate surface area is 535 Å². The van der Waals surface area contributed by atoms with Crippen molar-refractivity contribution >= 4 is 131 Å². The summed E-state index contributed by atoms with van der Waals surface area (Å²) in [6, 6.07) is 92.1. The van der Waals surface area contributed by atoms with Gasteiger partial charge in [-0.25, -0.2) is 0 Å². The highest BCUT2D eigenvalue weighted by atomic mass is 32.2. The van der Waals surface area contributed by atoms with E-state index in [1.165, 1.54) is 38.0 Å². The van der Waals surface area contributed by atoms with Crippen molar-refractivity contribution < 1.29 is 13.6 Å². The quantitative estimate of drug-likeness (QED) is 0.155. The van der Waals surface area contributed by atoms with E-state index in [4.69, 9.17) is 13.6 Å². The molecule has 0 saturated heterocycles. The van der Waals surface area contributed by atoms with E-state index in [2.05, 4.69) is 305 Å². The average molecular weight is 1190 g/mol. The zero-order valence-corrected chi connectivity index (χ0v) is 52.4. The number of benzene rings is 12. The molecule has 5 nitrogen and oxygen atoms in total. The highest BCUT2D eigenvalue weighted by Gasteiger charge is 2.49. The first-order valence-corrected chi connectivity index (χ1v) is 32.7. The molecule has 4 aliphatic rings. The number of furan rings is 2. The highest BCUT2D eigenvalue weighted by Crippen LogP contribution is 2.54. The Bertz CT molecular complexity index is 5320. The van der Waals surface area contributed by atoms with Crippen molar-refractivity contribution in [1.82, 2.24) is 0 Å². The van der Waals surface area contributed by atoms with Crippen LogP contribution in [0.3, 0.4) is 0 Å². The molecule has 0 spiro atoms. The third-order valence-corrected chi connectivity index (χ3v) is 21.1. The zero-order valence-electron chi connectivity index (χ0n) is 51.6. The fourth-order valence-corrected chi connectivity index (χ4v) is 16.4. The fraction of sp³-hybridized carbons (Fsp3) is 0.108. The third-order valence-electron chi connectivity index (χ3n) is 20.3. The number of fused-ring (bicyclic) bond motifs is 12. The maximum atomic E-state index is 7.47. The molecule has 0 radical (unpaired) electrons. The third kappa shape index (κ3) is 8.41. The van der Waals surface area contributed by atoms with Gasteiger partial charge in [-0.2, -0.15) is 0 Å². The van der Waals surface area contributed by atoms with Gasteiger partial charge in [0.05, 0.1) is 5.69 Å². The van der Waals surface area contributed by atoms with E-state index in [0.717, 1.165) is 134 Å². The normalized spacial score (nSPS) is 15.6. The molecule has 0 aliphatic carbocycles. The maximum absolute atomic E-state index is 7.47. The summed E-state index contributed by atoms with van der Waals surface area (Å²) in [6.45, 7) is 14.1. The van der Waals surface area contributed by atoms with Crippen LogP contribution in [0.15, 0.2) is 274 Å². The lowest BCUT2D eigenvalue weighted by molar-refractivity contribution is 0.457. The van der Waals surface area contributed by atoms with Crippen LogP contribution in [0.2, 0.25) is 5.82 Å². The smallest absolute Gasteiger partial charge is 0.256 e. The Morgan fingerprint density at radius 3 is 1.62 bits per heavy atom. The summed E-state index contributed by atoms with van der Waals surface area (Å²) in [6.07, 6.45) is 2.47. The first kappa shape index (κ1) is 53.8. The number of para-hydroxylation sites is 4. The van der Waals surface area contributed by atoms with Gasteiger partial charge in [0.2, 0.25) is 6.71 Å². The van der Waals surface area contributed by atoms with Crippen LogP contribution in [0.25, 0.3) is 88.4 Å². The molecule has 0 N–H and O–H groups in total. The van der Waals surface area contributed by atoms with Crippen molar-refractivity contribution in [3.8, 4) is 56.0 Å². The molecule has 14 aromatic rings. The molecule has 0 saturated carbocycles. The number of hydrogen-bond donors (Lipinski definition) is 0. The first-order valence-electron chi connectivity index (χ1n) is 31.8. The Kier molecular flexibility index (Phi) is 11.9. The second-order valence-corrected chi connectivity index (χ2v) is 27.8. The van der Waals surface area contributed by atoms with Gasteiger partial charge in [-0.1, -0.05) is 229 Å². The van der Waals surface area contributed by atoms with Gasteiger partial charge in [0.15, 0.2) is 0 Å². The van der Waals surface area contributed by atoms with E-state index in [9.17, 15) is 0 Å². The SMILES string of the molecule is C[C@@H]1B2c3cc4c(cc3N(c3c(-c5ccccc5)cccc3-c3ccccc3)c3cc(-c5ccc6oc7ccccc7c6c5)cc(c32)S/C=C/C1(C)C)N(c1ccccc1)c1cc(-c2ccc3oc5ccccc5c3c2)cc2c1B4c1ccc(C(C)(C)C)cc1O2. The molecule has 4 aliphatic heterocycles. The predicted molar refractivity (Wildman–Crippen MR) is 385 cm³/mol. The van der Waals surface area contributed by atoms with Gasteiger partial charge in [-0.05, 0) is 168 Å². The summed E-state index contributed by atoms with van der Waals surface area (Å²) in [5.41, 5.74) is 26.4. The Hall–Kier alpha value is -10.1. The first-order chi connectivity index (χ1) is 44.4. The van der Waals surface area contributed by atoms with Gasteiger partial charge in [0.25, 0.3) is 6.71 Å². The van der Waals surface area contributed by atoms with Crippen molar-refractivity contribution in [2.75, 3.05) is 9.80 Å². The predicted octanol–water partition coefficient (Wildman–Crippen LogP) is 20.3. The van der Waals surface area contributed by atoms with Crippen molar-refractivity contribution in [3.05, 3.63) is 266 Å². The molecular formula is C83H62B2N2O3S. The molecule has 0 unspecified atom stereocenters. The lowest BCUT2D eigenvalue weighted by atomic mass is 9.27. The molecule has 2 aromatic heterocycles. The lowest BCUT2D eigenvalue weighted by Gasteiger charge is -2.47. The summed E-state index contributed by atoms with van der Waals surface area (Å²) >= 11 is 1.86. The van der Waals surface area contributed by atoms with Crippen LogP contribution in [0, 0.1) is 5.41 Å². The molecule has 0 amide bonds. The van der Waals surface area contributed by atoms with E-state index in [1.54, 1.807) is 0 Å². The van der Waals surface area contributed by atoms with E-state index >= 15 is 0 Å². The van der Waals surface area contributed by atoms with Crippen molar-refractivity contribution in [2.45, 2.75) is 57.7 Å². The minimum atomic E-state index is -0.197. The summed E-state index contributed by atoms with van der Waals surface area (Å²) in [4.78, 5) is 6.48. The second-order valence-electron chi connectivity index (χ2n) is 26.9. The van der Waals surface area contributed by atoms with Crippen LogP contribution in [-0.4, -0.2) is 13.4 Å². The van der Waals surface area contributed by atoms with Gasteiger partial charge < -0.3 is 23.4 Å². The summed E-state index contributed by atoms with van der Waals surface area (Å²) < 4.78 is 20.4. The van der Waals surface area contributed by atoms with E-state index in [-0.39, 0.29) is 30.1 Å². The maximum Gasteiger partial charge on any atom is 0.256 e. The number of nitrogens with zero attached hydrogens (tertiary/aromatic N) is 2. The largest absolute Gasteiger partial charge is 0.458 e. The van der Waals surface area contributed by atoms with E-state index in [1.807, 2.05) is 17.8 Å². The van der Waals surface area contributed by atoms with Gasteiger partial charge in [0.1, 0.15) is 33.8 Å². The topological polar surface area (TPSA) is 42.0 Å². The van der Waals surface area contributed by atoms with Crippen molar-refractivity contribution in [3.63, 3.8) is 0 Å². The Morgan fingerprint density at radius 2 is 0.989 bits per heavy atom. The molecular weight excluding hydrogens is 1130 g/mol. The fourth-order valence-electron chi connectivity index (χ4n) is 15.3. The number of thioether (sulfide) groups is 1. The molecule has 434 valence electrons. The number of hydrogen-bond acceptors (Lipinski definition) is 6. The van der Waals surface area contributed by atoms with Crippen molar-refractivity contribution in [1.29, 1.82) is 0 Å². The monoisotopic (exact) mass is 1190 g/mol. The van der Waals surface area contributed by atoms with Crippen LogP contribution in [-0.2, 0) is 5.41 Å². The molecule has 0 bridgehead atoms. The minimum absolute atomic E-state index is 0.0303. The molecule has 8 heteroatoms. The highest BCUT2D eigenvalue weighted by molar-refractivity contribution is 8.02. The molecule has 0 fully saturated rings. The standard InChI is InChI=1S/C83H62B2N2O3S/c1-50-83(5,6)39-40-91-78-46-56(54-34-38-75-64(42-54)62-28-17-19-32-73(62)89-75)44-71-80(78)84(50)66-48-67-68(49-69(66)87(71)81-59(51-21-10-7-11-22-51)29-20-30-60(81)52-23-12-8-13-24-52)86(58-25-14-9-15-26-58)70-43-55(53-33-37-74-63(41-53)61-27-16-18-31-72(61)88-74)45-77-79(70)85(67)65-36-35-57(82(2,3)4)47-76(65)90-77/h7-50H,1-6H3/b40-39+/t50-/m0/s1. The van der Waals surface area contributed by atoms with Gasteiger partial charge in [-0.15, -0.1) is 0 Å². The average Bonchev–Trinajstić information content (AvgIpc) is 1.23. The summed E-state index contributed by atoms with van der Waals surface area (Å²) in [5, 5.41) is 6.77. The van der Waals surface area contributed by atoms with Gasteiger partial charge >= 0.3 is 0 Å². The molecule has 91 heavy (non-hydrogen) atoms. The summed E-state index contributed by atoms with van der Waals surface area (Å²) in [5.74, 6) is 1.92. The zero-order chi connectivity index (χ0) is 61.0. The van der Waals surface area contributed by atoms with Crippen LogP contribution in [0.5, 0.6) is 11.5 Å². The van der Waals surface area contributed by atoms with E-state index < -0.39 is 0 Å². The molecule has 18 rings (SSSR count). The number of ether oxygens (including phenoxy) is 1. The number of anilines is 6. The van der Waals surface area contributed by atoms with Gasteiger partial charge in [-0.3, -0.25) is 0 Å². The van der Waals surface area contributed by atoms with Crippen molar-refractivity contribution in [2.24, 2.45) is 5.41 Å². The minimum Gasteiger partial charge on any atom is -0.458 e. The molecule has 1 atom stereocenters. The Morgan fingerprint density at radius 1 is 0.429 bits per heavy atom. The van der Waals surface area contributed by atoms with Crippen LogP contribution >= 0.6 is 11.8 Å². The van der Waals surface area contributed by atoms with Crippen LogP contribution in [0.1, 0.15) is 47.1 Å². The summed E-state index contributed by atoms with van der Waals surface area (Å²) in [7, 11) is 0. The lowest BCUT2D eigenvalue weighted by Crippen LogP contribution is -2.62. The molecule has 6 heterocycles. The number of allylic oxidation sites excluding steroid dienone is 1. The Balaban J connectivity index is 0.969. The van der Waals surface area contributed by atoms with Gasteiger partial charge in [0, 0.05) is 66.0 Å². The number of rotatable bonds is 6. The van der Waals surface area contributed by atoms with E-state index in [0.29, 0.717) is 0 Å². The molecule has 12 aromatic carbocycles. The second kappa shape index (κ2) is 20.2.